The lowest BCUT2D eigenvalue weighted by atomic mass is 10.3. The number of carbonyl (C=O) groups is 1. The van der Waals surface area contributed by atoms with Crippen LogP contribution in [0.2, 0.25) is 5.02 Å². The molecule has 70 valence electrons. The Morgan fingerprint density at radius 1 is 1.54 bits per heavy atom. The maximum atomic E-state index is 10.9. The highest BCUT2D eigenvalue weighted by molar-refractivity contribution is 6.30. The summed E-state index contributed by atoms with van der Waals surface area (Å²) >= 11 is 10.9. The summed E-state index contributed by atoms with van der Waals surface area (Å²) in [6, 6.07) is 6.56. The number of nitrogens with one attached hydrogen (secondary N) is 1. The Hall–Kier alpha value is -0.930. The molecule has 0 unspecified atom stereocenters. The zero-order valence-corrected chi connectivity index (χ0v) is 8.10. The summed E-state index contributed by atoms with van der Waals surface area (Å²) in [5, 5.41) is 3.00. The van der Waals surface area contributed by atoms with Gasteiger partial charge < -0.3 is 4.74 Å². The van der Waals surface area contributed by atoms with Crippen LogP contribution in [0.1, 0.15) is 0 Å². The van der Waals surface area contributed by atoms with Gasteiger partial charge in [-0.3, -0.25) is 5.32 Å². The van der Waals surface area contributed by atoms with Crippen LogP contribution in [0.4, 0.5) is 10.5 Å². The minimum atomic E-state index is -0.600. The number of anilines is 1. The Morgan fingerprint density at radius 2 is 2.31 bits per heavy atom. The van der Waals surface area contributed by atoms with Crippen LogP contribution in [0, 0.1) is 0 Å². The Bertz CT molecular complexity index is 304. The van der Waals surface area contributed by atoms with Gasteiger partial charge in [-0.1, -0.05) is 29.3 Å². The molecule has 0 heterocycles. The number of halogens is 2. The van der Waals surface area contributed by atoms with Gasteiger partial charge in [0.05, 0.1) is 0 Å². The fourth-order valence-corrected chi connectivity index (χ4v) is 1.06. The van der Waals surface area contributed by atoms with Crippen LogP contribution in [0.15, 0.2) is 24.3 Å². The van der Waals surface area contributed by atoms with E-state index in [1.807, 2.05) is 0 Å². The normalized spacial score (nSPS) is 9.38. The first-order valence-corrected chi connectivity index (χ1v) is 4.39. The molecule has 0 aliphatic heterocycles. The Kier molecular flexibility index (Phi) is 3.86. The van der Waals surface area contributed by atoms with E-state index < -0.39 is 6.09 Å². The van der Waals surface area contributed by atoms with Gasteiger partial charge in [0.15, 0.2) is 6.07 Å². The zero-order valence-electron chi connectivity index (χ0n) is 6.59. The lowest BCUT2D eigenvalue weighted by molar-refractivity contribution is 0.180. The third-order valence-electron chi connectivity index (χ3n) is 1.26. The topological polar surface area (TPSA) is 38.3 Å². The Balaban J connectivity index is 2.58. The number of ether oxygens (including phenoxy) is 1. The average Bonchev–Trinajstić information content (AvgIpc) is 2.04. The van der Waals surface area contributed by atoms with E-state index >= 15 is 0 Å². The fraction of sp³-hybridized carbons (Fsp3) is 0.125. The molecule has 13 heavy (non-hydrogen) atoms. The summed E-state index contributed by atoms with van der Waals surface area (Å²) in [4.78, 5) is 10.9. The number of hydrogen-bond acceptors (Lipinski definition) is 2. The van der Waals surface area contributed by atoms with Gasteiger partial charge >= 0.3 is 6.09 Å². The molecule has 0 bridgehead atoms. The van der Waals surface area contributed by atoms with Crippen LogP contribution in [0.5, 0.6) is 0 Å². The quantitative estimate of drug-likeness (QED) is 0.777. The maximum absolute atomic E-state index is 10.9. The molecular weight excluding hydrogens is 213 g/mol. The second kappa shape index (κ2) is 4.94. The minimum absolute atomic E-state index is 0.174. The van der Waals surface area contributed by atoms with Gasteiger partial charge in [0.1, 0.15) is 0 Å². The van der Waals surface area contributed by atoms with Crippen LogP contribution in [0.3, 0.4) is 0 Å². The predicted molar refractivity (Wildman–Crippen MR) is 52.3 cm³/mol. The Labute approximate surface area is 85.6 Å². The van der Waals surface area contributed by atoms with E-state index in [9.17, 15) is 4.79 Å². The van der Waals surface area contributed by atoms with Gasteiger partial charge in [-0.2, -0.15) is 0 Å². The van der Waals surface area contributed by atoms with E-state index in [4.69, 9.17) is 23.2 Å². The van der Waals surface area contributed by atoms with Crippen LogP contribution < -0.4 is 5.32 Å². The van der Waals surface area contributed by atoms with Crippen LogP contribution in [-0.2, 0) is 4.74 Å². The monoisotopic (exact) mass is 219 g/mol. The molecule has 0 saturated carbocycles. The van der Waals surface area contributed by atoms with Crippen molar-refractivity contribution < 1.29 is 9.53 Å². The summed E-state index contributed by atoms with van der Waals surface area (Å²) in [5.41, 5.74) is 0.572. The second-order valence-corrected chi connectivity index (χ2v) is 2.83. The molecule has 0 aliphatic carbocycles. The number of carbonyl (C=O) groups excluding carboxylic acids is 1. The zero-order chi connectivity index (χ0) is 9.68. The molecule has 0 aromatic heterocycles. The summed E-state index contributed by atoms with van der Waals surface area (Å²) in [5.74, 6) is 0. The SMILES string of the molecule is O=C(Nc1cccc(Cl)c1)OCCl. The smallest absolute Gasteiger partial charge is 0.412 e. The average molecular weight is 220 g/mol. The van der Waals surface area contributed by atoms with Crippen molar-refractivity contribution in [2.45, 2.75) is 0 Å². The summed E-state index contributed by atoms with van der Waals surface area (Å²) in [7, 11) is 0. The van der Waals surface area contributed by atoms with Gasteiger partial charge in [0, 0.05) is 10.7 Å². The van der Waals surface area contributed by atoms with E-state index in [1.165, 1.54) is 0 Å². The first kappa shape index (κ1) is 10.2. The van der Waals surface area contributed by atoms with Crippen LogP contribution in [0.25, 0.3) is 0 Å². The number of alkyl halides is 1. The molecule has 1 rings (SSSR count). The third kappa shape index (κ3) is 3.53. The molecule has 5 heteroatoms. The van der Waals surface area contributed by atoms with Crippen molar-refractivity contribution in [1.82, 2.24) is 0 Å². The van der Waals surface area contributed by atoms with E-state index in [-0.39, 0.29) is 6.07 Å². The fourth-order valence-electron chi connectivity index (χ4n) is 0.770. The standard InChI is InChI=1S/C8H7Cl2NO2/c9-5-13-8(12)11-7-3-1-2-6(10)4-7/h1-4H,5H2,(H,11,12). The summed E-state index contributed by atoms with van der Waals surface area (Å²) in [6.45, 7) is 0. The highest BCUT2D eigenvalue weighted by Gasteiger charge is 2.01. The first-order chi connectivity index (χ1) is 6.22. The molecule has 1 amide bonds. The molecule has 0 atom stereocenters. The van der Waals surface area contributed by atoms with Crippen molar-refractivity contribution >= 4 is 35.0 Å². The number of benzene rings is 1. The van der Waals surface area contributed by atoms with Crippen LogP contribution >= 0.6 is 23.2 Å². The molecule has 0 aliphatic rings. The molecule has 3 nitrogen and oxygen atoms in total. The third-order valence-corrected chi connectivity index (χ3v) is 1.60. The van der Waals surface area contributed by atoms with Crippen molar-refractivity contribution in [3.05, 3.63) is 29.3 Å². The van der Waals surface area contributed by atoms with E-state index in [0.29, 0.717) is 10.7 Å². The molecule has 0 spiro atoms. The van der Waals surface area contributed by atoms with Crippen molar-refractivity contribution in [3.8, 4) is 0 Å². The molecule has 0 saturated heterocycles. The van der Waals surface area contributed by atoms with Gasteiger partial charge in [-0.15, -0.1) is 0 Å². The first-order valence-electron chi connectivity index (χ1n) is 3.47. The van der Waals surface area contributed by atoms with E-state index in [1.54, 1.807) is 24.3 Å². The largest absolute Gasteiger partial charge is 0.433 e. The minimum Gasteiger partial charge on any atom is -0.433 e. The van der Waals surface area contributed by atoms with Crippen LogP contribution in [-0.4, -0.2) is 12.2 Å². The number of rotatable bonds is 2. The molecule has 1 N–H and O–H groups in total. The maximum Gasteiger partial charge on any atom is 0.412 e. The Morgan fingerprint density at radius 3 is 2.92 bits per heavy atom. The predicted octanol–water partition coefficient (Wildman–Crippen LogP) is 3.08. The van der Waals surface area contributed by atoms with Gasteiger partial charge in [-0.25, -0.2) is 4.79 Å². The van der Waals surface area contributed by atoms with E-state index in [2.05, 4.69) is 10.1 Å². The van der Waals surface area contributed by atoms with Crippen molar-refractivity contribution in [2.75, 3.05) is 11.4 Å². The van der Waals surface area contributed by atoms with Crippen molar-refractivity contribution in [2.24, 2.45) is 0 Å². The van der Waals surface area contributed by atoms with E-state index in [0.717, 1.165) is 0 Å². The second-order valence-electron chi connectivity index (χ2n) is 2.18. The van der Waals surface area contributed by atoms with Crippen molar-refractivity contribution in [1.29, 1.82) is 0 Å². The lowest BCUT2D eigenvalue weighted by Crippen LogP contribution is -2.12. The number of hydrogen-bond donors (Lipinski definition) is 1. The molecule has 1 aromatic carbocycles. The highest BCUT2D eigenvalue weighted by Crippen LogP contribution is 2.14. The lowest BCUT2D eigenvalue weighted by Gasteiger charge is -2.03. The summed E-state index contributed by atoms with van der Waals surface area (Å²) < 4.78 is 4.46. The number of amides is 1. The van der Waals surface area contributed by atoms with Gasteiger partial charge in [-0.05, 0) is 18.2 Å². The molecular formula is C8H7Cl2NO2. The molecule has 0 fully saturated rings. The molecule has 1 aromatic rings. The molecule has 0 radical (unpaired) electrons. The van der Waals surface area contributed by atoms with Crippen molar-refractivity contribution in [3.63, 3.8) is 0 Å². The summed E-state index contributed by atoms with van der Waals surface area (Å²) in [6.07, 6.45) is -0.600. The van der Waals surface area contributed by atoms with Gasteiger partial charge in [0.25, 0.3) is 0 Å². The van der Waals surface area contributed by atoms with Gasteiger partial charge in [0.2, 0.25) is 0 Å². The highest BCUT2D eigenvalue weighted by atomic mass is 35.5.